The molecule has 0 aliphatic carbocycles. The summed E-state index contributed by atoms with van der Waals surface area (Å²) < 4.78 is 5.47. The van der Waals surface area contributed by atoms with Crippen LogP contribution in [0.4, 0.5) is 5.69 Å². The molecule has 1 fully saturated rings. The summed E-state index contributed by atoms with van der Waals surface area (Å²) in [6.07, 6.45) is 0. The van der Waals surface area contributed by atoms with Gasteiger partial charge in [0.15, 0.2) is 0 Å². The molecular weight excluding hydrogens is 380 g/mol. The molecule has 2 amide bonds. The third-order valence-electron chi connectivity index (χ3n) is 5.24. The van der Waals surface area contributed by atoms with Gasteiger partial charge in [0.2, 0.25) is 0 Å². The Balaban J connectivity index is 1.61. The SMILES string of the molecule is CN(C)c1ccc(C(CNC(=O)C(=O)NCc2ccccc2)N2CCOCC2)cc1. The average Bonchev–Trinajstić information content (AvgIpc) is 2.79. The maximum Gasteiger partial charge on any atom is 0.309 e. The zero-order valence-electron chi connectivity index (χ0n) is 17.6. The van der Waals surface area contributed by atoms with Crippen LogP contribution in [0.5, 0.6) is 0 Å². The zero-order valence-corrected chi connectivity index (χ0v) is 17.6. The first-order chi connectivity index (χ1) is 14.5. The van der Waals surface area contributed by atoms with Gasteiger partial charge in [-0.2, -0.15) is 0 Å². The van der Waals surface area contributed by atoms with Crippen LogP contribution in [0.15, 0.2) is 54.6 Å². The van der Waals surface area contributed by atoms with E-state index in [2.05, 4.69) is 39.8 Å². The topological polar surface area (TPSA) is 73.9 Å². The molecule has 0 bridgehead atoms. The molecule has 0 spiro atoms. The van der Waals surface area contributed by atoms with E-state index in [1.807, 2.05) is 49.3 Å². The molecule has 0 aromatic heterocycles. The highest BCUT2D eigenvalue weighted by atomic mass is 16.5. The lowest BCUT2D eigenvalue weighted by Gasteiger charge is -2.35. The van der Waals surface area contributed by atoms with Gasteiger partial charge in [-0.15, -0.1) is 0 Å². The van der Waals surface area contributed by atoms with E-state index < -0.39 is 11.8 Å². The largest absolute Gasteiger partial charge is 0.379 e. The second kappa shape index (κ2) is 10.8. The summed E-state index contributed by atoms with van der Waals surface area (Å²) in [5, 5.41) is 5.48. The molecule has 1 aliphatic rings. The first kappa shape index (κ1) is 21.8. The Morgan fingerprint density at radius 1 is 0.967 bits per heavy atom. The monoisotopic (exact) mass is 410 g/mol. The van der Waals surface area contributed by atoms with Gasteiger partial charge in [0.1, 0.15) is 0 Å². The summed E-state index contributed by atoms with van der Waals surface area (Å²) in [4.78, 5) is 28.9. The van der Waals surface area contributed by atoms with Crippen molar-refractivity contribution in [3.8, 4) is 0 Å². The zero-order chi connectivity index (χ0) is 21.3. The van der Waals surface area contributed by atoms with Crippen molar-refractivity contribution in [1.29, 1.82) is 0 Å². The molecule has 7 heteroatoms. The third kappa shape index (κ3) is 6.05. The molecule has 160 valence electrons. The van der Waals surface area contributed by atoms with Crippen LogP contribution in [0, 0.1) is 0 Å². The minimum atomic E-state index is -0.623. The molecule has 0 saturated carbocycles. The number of rotatable bonds is 7. The highest BCUT2D eigenvalue weighted by Gasteiger charge is 2.24. The summed E-state index contributed by atoms with van der Waals surface area (Å²) in [5.74, 6) is -1.24. The van der Waals surface area contributed by atoms with Gasteiger partial charge in [-0.05, 0) is 23.3 Å². The van der Waals surface area contributed by atoms with Crippen LogP contribution >= 0.6 is 0 Å². The standard InChI is InChI=1S/C23H30N4O3/c1-26(2)20-10-8-19(9-11-20)21(27-12-14-30-15-13-27)17-25-23(29)22(28)24-16-18-6-4-3-5-7-18/h3-11,21H,12-17H2,1-2H3,(H,24,28)(H,25,29). The van der Waals surface area contributed by atoms with E-state index in [-0.39, 0.29) is 6.04 Å². The fourth-order valence-corrected chi connectivity index (χ4v) is 3.47. The molecule has 1 saturated heterocycles. The van der Waals surface area contributed by atoms with Crippen LogP contribution in [0.25, 0.3) is 0 Å². The first-order valence-corrected chi connectivity index (χ1v) is 10.2. The molecule has 3 rings (SSSR count). The Morgan fingerprint density at radius 2 is 1.60 bits per heavy atom. The Morgan fingerprint density at radius 3 is 2.23 bits per heavy atom. The first-order valence-electron chi connectivity index (χ1n) is 10.2. The number of amides is 2. The third-order valence-corrected chi connectivity index (χ3v) is 5.24. The van der Waals surface area contributed by atoms with Crippen LogP contribution in [0.2, 0.25) is 0 Å². The van der Waals surface area contributed by atoms with Gasteiger partial charge < -0.3 is 20.3 Å². The van der Waals surface area contributed by atoms with Crippen LogP contribution in [0.1, 0.15) is 17.2 Å². The number of hydrogen-bond acceptors (Lipinski definition) is 5. The molecule has 1 heterocycles. The average molecular weight is 411 g/mol. The van der Waals surface area contributed by atoms with E-state index in [4.69, 9.17) is 4.74 Å². The molecule has 2 N–H and O–H groups in total. The lowest BCUT2D eigenvalue weighted by Crippen LogP contribution is -2.46. The predicted molar refractivity (Wildman–Crippen MR) is 117 cm³/mol. The lowest BCUT2D eigenvalue weighted by atomic mass is 10.0. The molecular formula is C23H30N4O3. The number of morpholine rings is 1. The number of hydrogen-bond donors (Lipinski definition) is 2. The van der Waals surface area contributed by atoms with Crippen molar-refractivity contribution in [2.75, 3.05) is 51.8 Å². The summed E-state index contributed by atoms with van der Waals surface area (Å²) in [6.45, 7) is 3.59. The lowest BCUT2D eigenvalue weighted by molar-refractivity contribution is -0.139. The maximum atomic E-state index is 12.4. The van der Waals surface area contributed by atoms with E-state index in [0.29, 0.717) is 26.3 Å². The van der Waals surface area contributed by atoms with Crippen molar-refractivity contribution in [2.45, 2.75) is 12.6 Å². The molecule has 1 unspecified atom stereocenters. The minimum Gasteiger partial charge on any atom is -0.379 e. The minimum absolute atomic E-state index is 0.0176. The summed E-state index contributed by atoms with van der Waals surface area (Å²) in [6, 6.07) is 17.8. The molecule has 30 heavy (non-hydrogen) atoms. The second-order valence-corrected chi connectivity index (χ2v) is 7.53. The predicted octanol–water partition coefficient (Wildman–Crippen LogP) is 1.56. The van der Waals surface area contributed by atoms with Crippen molar-refractivity contribution in [3.05, 3.63) is 65.7 Å². The Bertz CT molecular complexity index is 818. The van der Waals surface area contributed by atoms with Crippen LogP contribution < -0.4 is 15.5 Å². The normalized spacial score (nSPS) is 15.3. The molecule has 2 aromatic carbocycles. The number of carbonyl (C=O) groups is 2. The van der Waals surface area contributed by atoms with Crippen LogP contribution in [-0.4, -0.2) is 63.7 Å². The van der Waals surface area contributed by atoms with Crippen molar-refractivity contribution in [1.82, 2.24) is 15.5 Å². The van der Waals surface area contributed by atoms with Gasteiger partial charge in [0.05, 0.1) is 19.3 Å². The van der Waals surface area contributed by atoms with E-state index in [1.54, 1.807) is 0 Å². The van der Waals surface area contributed by atoms with E-state index >= 15 is 0 Å². The maximum absolute atomic E-state index is 12.4. The van der Waals surface area contributed by atoms with Gasteiger partial charge in [-0.3, -0.25) is 14.5 Å². The second-order valence-electron chi connectivity index (χ2n) is 7.53. The quantitative estimate of drug-likeness (QED) is 0.678. The van der Waals surface area contributed by atoms with E-state index in [1.165, 1.54) is 0 Å². The smallest absolute Gasteiger partial charge is 0.309 e. The van der Waals surface area contributed by atoms with Crippen molar-refractivity contribution < 1.29 is 14.3 Å². The number of benzene rings is 2. The fourth-order valence-electron chi connectivity index (χ4n) is 3.47. The molecule has 1 atom stereocenters. The molecule has 1 aliphatic heterocycles. The van der Waals surface area contributed by atoms with E-state index in [9.17, 15) is 9.59 Å². The Kier molecular flexibility index (Phi) is 7.82. The van der Waals surface area contributed by atoms with E-state index in [0.717, 1.165) is 29.9 Å². The number of anilines is 1. The Hall–Kier alpha value is -2.90. The van der Waals surface area contributed by atoms with Gasteiger partial charge >= 0.3 is 11.8 Å². The number of nitrogens with one attached hydrogen (secondary N) is 2. The molecule has 7 nitrogen and oxygen atoms in total. The highest BCUT2D eigenvalue weighted by Crippen LogP contribution is 2.23. The molecule has 0 radical (unpaired) electrons. The van der Waals surface area contributed by atoms with Gasteiger partial charge in [-0.1, -0.05) is 42.5 Å². The van der Waals surface area contributed by atoms with Crippen LogP contribution in [-0.2, 0) is 20.9 Å². The molecule has 2 aromatic rings. The van der Waals surface area contributed by atoms with Crippen molar-refractivity contribution >= 4 is 17.5 Å². The summed E-state index contributed by atoms with van der Waals surface area (Å²) in [5.41, 5.74) is 3.17. The number of nitrogens with zero attached hydrogens (tertiary/aromatic N) is 2. The summed E-state index contributed by atoms with van der Waals surface area (Å²) >= 11 is 0. The van der Waals surface area contributed by atoms with Gasteiger partial charge in [0, 0.05) is 46.0 Å². The highest BCUT2D eigenvalue weighted by molar-refractivity contribution is 6.35. The number of carbonyl (C=O) groups excluding carboxylic acids is 2. The van der Waals surface area contributed by atoms with Crippen molar-refractivity contribution in [2.24, 2.45) is 0 Å². The number of ether oxygens (including phenoxy) is 1. The summed E-state index contributed by atoms with van der Waals surface area (Å²) in [7, 11) is 4.01. The van der Waals surface area contributed by atoms with Crippen LogP contribution in [0.3, 0.4) is 0 Å². The Labute approximate surface area is 178 Å². The van der Waals surface area contributed by atoms with Gasteiger partial charge in [0.25, 0.3) is 0 Å². The van der Waals surface area contributed by atoms with Gasteiger partial charge in [-0.25, -0.2) is 0 Å². The van der Waals surface area contributed by atoms with Crippen molar-refractivity contribution in [3.63, 3.8) is 0 Å². The fraction of sp³-hybridized carbons (Fsp3) is 0.391.